The van der Waals surface area contributed by atoms with Gasteiger partial charge in [0.1, 0.15) is 6.07 Å². The summed E-state index contributed by atoms with van der Waals surface area (Å²) in [5.74, 6) is 0. The molecule has 17 heavy (non-hydrogen) atoms. The van der Waals surface area contributed by atoms with Crippen molar-refractivity contribution in [3.8, 4) is 6.07 Å². The van der Waals surface area contributed by atoms with Crippen LogP contribution in [0.1, 0.15) is 26.3 Å². The lowest BCUT2D eigenvalue weighted by Crippen LogP contribution is -2.33. The molecular weight excluding hydrogens is 236 g/mol. The first-order valence-electron chi connectivity index (χ1n) is 5.56. The summed E-state index contributed by atoms with van der Waals surface area (Å²) >= 11 is 5.90. The van der Waals surface area contributed by atoms with Crippen molar-refractivity contribution in [2.24, 2.45) is 0 Å². The Hall–Kier alpha value is -1.24. The van der Waals surface area contributed by atoms with E-state index < -0.39 is 0 Å². The molecule has 92 valence electrons. The predicted molar refractivity (Wildman–Crippen MR) is 70.4 cm³/mol. The summed E-state index contributed by atoms with van der Waals surface area (Å²) < 4.78 is 5.58. The Labute approximate surface area is 107 Å². The maximum atomic E-state index is 8.98. The largest absolute Gasteiger partial charge is 0.381 e. The molecule has 1 aromatic carbocycles. The fourth-order valence-corrected chi connectivity index (χ4v) is 1.68. The van der Waals surface area contributed by atoms with Gasteiger partial charge in [-0.3, -0.25) is 0 Å². The quantitative estimate of drug-likeness (QED) is 0.873. The number of halogens is 1. The van der Waals surface area contributed by atoms with Crippen LogP contribution in [0.25, 0.3) is 0 Å². The highest BCUT2D eigenvalue weighted by atomic mass is 35.5. The van der Waals surface area contributed by atoms with E-state index in [0.717, 1.165) is 5.69 Å². The minimum atomic E-state index is -0.274. The molecule has 1 aromatic rings. The molecule has 0 aliphatic carbocycles. The van der Waals surface area contributed by atoms with Crippen molar-refractivity contribution in [1.29, 1.82) is 5.26 Å². The summed E-state index contributed by atoms with van der Waals surface area (Å²) in [5.41, 5.74) is 1.05. The molecule has 1 N–H and O–H groups in total. The number of hydrogen-bond donors (Lipinski definition) is 1. The number of nitrogens with zero attached hydrogens (tertiary/aromatic N) is 1. The van der Waals surface area contributed by atoms with Gasteiger partial charge in [-0.1, -0.05) is 11.6 Å². The zero-order valence-electron chi connectivity index (χ0n) is 10.4. The van der Waals surface area contributed by atoms with E-state index in [1.54, 1.807) is 18.2 Å². The zero-order valence-corrected chi connectivity index (χ0v) is 11.1. The monoisotopic (exact) mass is 252 g/mol. The molecule has 3 nitrogen and oxygen atoms in total. The Morgan fingerprint density at radius 2 is 2.18 bits per heavy atom. The van der Waals surface area contributed by atoms with Crippen LogP contribution < -0.4 is 5.32 Å². The number of nitriles is 1. The van der Waals surface area contributed by atoms with Gasteiger partial charge in [0, 0.05) is 18.2 Å². The van der Waals surface area contributed by atoms with Crippen molar-refractivity contribution in [1.82, 2.24) is 0 Å². The Morgan fingerprint density at radius 1 is 1.47 bits per heavy atom. The Kier molecular flexibility index (Phi) is 4.80. The third kappa shape index (κ3) is 4.26. The van der Waals surface area contributed by atoms with Gasteiger partial charge in [-0.15, -0.1) is 0 Å². The Balaban J connectivity index is 2.75. The van der Waals surface area contributed by atoms with Crippen molar-refractivity contribution in [3.63, 3.8) is 0 Å². The lowest BCUT2D eigenvalue weighted by atomic mass is 10.1. The minimum absolute atomic E-state index is 0.274. The number of ether oxygens (including phenoxy) is 1. The number of rotatable bonds is 5. The topological polar surface area (TPSA) is 45.0 Å². The van der Waals surface area contributed by atoms with Gasteiger partial charge in [-0.2, -0.15) is 5.26 Å². The van der Waals surface area contributed by atoms with Crippen molar-refractivity contribution in [2.45, 2.75) is 26.4 Å². The molecule has 1 rings (SSSR count). The summed E-state index contributed by atoms with van der Waals surface area (Å²) in [6.07, 6.45) is 0. The average molecular weight is 253 g/mol. The average Bonchev–Trinajstić information content (AvgIpc) is 2.27. The number of nitrogens with one attached hydrogen (secondary N) is 1. The van der Waals surface area contributed by atoms with E-state index in [1.165, 1.54) is 0 Å². The first-order chi connectivity index (χ1) is 7.98. The standard InChI is InChI=1S/C13H17ClN2O/c1-4-17-13(2,3)9-16-12-7-11(14)6-5-10(12)8-15/h5-7,16H,4,9H2,1-3H3. The molecular formula is C13H17ClN2O. The van der Waals surface area contributed by atoms with Crippen LogP contribution in [-0.2, 0) is 4.74 Å². The van der Waals surface area contributed by atoms with E-state index in [-0.39, 0.29) is 5.60 Å². The first-order valence-corrected chi connectivity index (χ1v) is 5.94. The maximum absolute atomic E-state index is 8.98. The van der Waals surface area contributed by atoms with Gasteiger partial charge in [0.15, 0.2) is 0 Å². The third-order valence-electron chi connectivity index (χ3n) is 2.34. The van der Waals surface area contributed by atoms with E-state index in [0.29, 0.717) is 23.7 Å². The summed E-state index contributed by atoms with van der Waals surface area (Å²) in [5, 5.41) is 12.8. The van der Waals surface area contributed by atoms with Crippen molar-refractivity contribution >= 4 is 17.3 Å². The molecule has 0 radical (unpaired) electrons. The van der Waals surface area contributed by atoms with Crippen LogP contribution in [-0.4, -0.2) is 18.8 Å². The molecule has 0 amide bonds. The van der Waals surface area contributed by atoms with Crippen LogP contribution in [0.3, 0.4) is 0 Å². The van der Waals surface area contributed by atoms with E-state index in [9.17, 15) is 0 Å². The van der Waals surface area contributed by atoms with Crippen molar-refractivity contribution in [3.05, 3.63) is 28.8 Å². The van der Waals surface area contributed by atoms with Crippen molar-refractivity contribution in [2.75, 3.05) is 18.5 Å². The molecule has 0 aliphatic rings. The van der Waals surface area contributed by atoms with Gasteiger partial charge in [0.05, 0.1) is 16.9 Å². The molecule has 0 heterocycles. The molecule has 0 aromatic heterocycles. The lowest BCUT2D eigenvalue weighted by molar-refractivity contribution is 0.000696. The normalized spacial score (nSPS) is 11.0. The van der Waals surface area contributed by atoms with Crippen LogP contribution in [0.4, 0.5) is 5.69 Å². The fourth-order valence-electron chi connectivity index (χ4n) is 1.51. The second kappa shape index (κ2) is 5.90. The van der Waals surface area contributed by atoms with Crippen LogP contribution >= 0.6 is 11.6 Å². The molecule has 0 saturated heterocycles. The van der Waals surface area contributed by atoms with Crippen LogP contribution in [0.5, 0.6) is 0 Å². The molecule has 0 aliphatic heterocycles. The van der Waals surface area contributed by atoms with Gasteiger partial charge in [-0.05, 0) is 39.0 Å². The van der Waals surface area contributed by atoms with E-state index in [4.69, 9.17) is 21.6 Å². The van der Waals surface area contributed by atoms with Gasteiger partial charge >= 0.3 is 0 Å². The third-order valence-corrected chi connectivity index (χ3v) is 2.58. The lowest BCUT2D eigenvalue weighted by Gasteiger charge is -2.25. The molecule has 0 saturated carbocycles. The molecule has 4 heteroatoms. The first kappa shape index (κ1) is 13.8. The number of benzene rings is 1. The molecule has 0 atom stereocenters. The maximum Gasteiger partial charge on any atom is 0.101 e. The van der Waals surface area contributed by atoms with Crippen LogP contribution in [0.15, 0.2) is 18.2 Å². The molecule has 0 unspecified atom stereocenters. The van der Waals surface area contributed by atoms with Gasteiger partial charge < -0.3 is 10.1 Å². The van der Waals surface area contributed by atoms with Gasteiger partial charge in [0.2, 0.25) is 0 Å². The van der Waals surface area contributed by atoms with Gasteiger partial charge in [-0.25, -0.2) is 0 Å². The van der Waals surface area contributed by atoms with E-state index in [2.05, 4.69) is 11.4 Å². The molecule has 0 spiro atoms. The number of hydrogen-bond acceptors (Lipinski definition) is 3. The molecule has 0 fully saturated rings. The second-order valence-electron chi connectivity index (χ2n) is 4.35. The Morgan fingerprint density at radius 3 is 2.76 bits per heavy atom. The minimum Gasteiger partial charge on any atom is -0.381 e. The SMILES string of the molecule is CCOC(C)(C)CNc1cc(Cl)ccc1C#N. The van der Waals surface area contributed by atoms with Crippen LogP contribution in [0, 0.1) is 11.3 Å². The smallest absolute Gasteiger partial charge is 0.101 e. The zero-order chi connectivity index (χ0) is 12.9. The summed E-state index contributed by atoms with van der Waals surface area (Å²) in [6.45, 7) is 7.24. The summed E-state index contributed by atoms with van der Waals surface area (Å²) in [4.78, 5) is 0. The summed E-state index contributed by atoms with van der Waals surface area (Å²) in [7, 11) is 0. The van der Waals surface area contributed by atoms with E-state index in [1.807, 2.05) is 20.8 Å². The number of anilines is 1. The van der Waals surface area contributed by atoms with E-state index >= 15 is 0 Å². The Bertz CT molecular complexity index is 424. The predicted octanol–water partition coefficient (Wildman–Crippen LogP) is 3.44. The highest BCUT2D eigenvalue weighted by Crippen LogP contribution is 2.21. The highest BCUT2D eigenvalue weighted by Gasteiger charge is 2.17. The summed E-state index contributed by atoms with van der Waals surface area (Å²) in [6, 6.07) is 7.30. The second-order valence-corrected chi connectivity index (χ2v) is 4.78. The fraction of sp³-hybridized carbons (Fsp3) is 0.462. The highest BCUT2D eigenvalue weighted by molar-refractivity contribution is 6.30. The van der Waals surface area contributed by atoms with Gasteiger partial charge in [0.25, 0.3) is 0 Å². The van der Waals surface area contributed by atoms with Crippen LogP contribution in [0.2, 0.25) is 5.02 Å². The van der Waals surface area contributed by atoms with Crippen molar-refractivity contribution < 1.29 is 4.74 Å². The molecule has 0 bridgehead atoms.